The minimum atomic E-state index is -0.757. The van der Waals surface area contributed by atoms with Gasteiger partial charge < -0.3 is 10.5 Å². The third-order valence-electron chi connectivity index (χ3n) is 2.98. The third kappa shape index (κ3) is 2.87. The van der Waals surface area contributed by atoms with E-state index in [1.807, 2.05) is 25.1 Å². The molecule has 0 aliphatic heterocycles. The van der Waals surface area contributed by atoms with Crippen molar-refractivity contribution in [2.75, 3.05) is 7.11 Å². The van der Waals surface area contributed by atoms with E-state index in [0.717, 1.165) is 15.6 Å². The Bertz CT molecular complexity index is 429. The molecule has 0 aliphatic rings. The first-order valence-electron chi connectivity index (χ1n) is 5.40. The molecular formula is C13H18BrNO2. The molecule has 0 unspecified atom stereocenters. The molecule has 17 heavy (non-hydrogen) atoms. The van der Waals surface area contributed by atoms with Crippen LogP contribution in [0.25, 0.3) is 0 Å². The van der Waals surface area contributed by atoms with Crippen molar-refractivity contribution < 1.29 is 9.53 Å². The number of benzene rings is 1. The number of ether oxygens (including phenoxy) is 1. The predicted octanol–water partition coefficient (Wildman–Crippen LogP) is 2.96. The largest absolute Gasteiger partial charge is 0.469 e. The second-order valence-corrected chi connectivity index (χ2v) is 5.57. The van der Waals surface area contributed by atoms with Crippen molar-refractivity contribution in [2.24, 2.45) is 11.1 Å². The summed E-state index contributed by atoms with van der Waals surface area (Å²) in [6.45, 7) is 5.58. The predicted molar refractivity (Wildman–Crippen MR) is 71.6 cm³/mol. The number of halogens is 1. The normalized spacial score (nSPS) is 13.3. The maximum absolute atomic E-state index is 11.7. The second-order valence-electron chi connectivity index (χ2n) is 4.72. The van der Waals surface area contributed by atoms with Crippen LogP contribution in [0.4, 0.5) is 0 Å². The molecule has 0 aromatic heterocycles. The summed E-state index contributed by atoms with van der Waals surface area (Å²) in [5.41, 5.74) is 7.46. The third-order valence-corrected chi connectivity index (χ3v) is 3.67. The highest BCUT2D eigenvalue weighted by Gasteiger charge is 2.37. The van der Waals surface area contributed by atoms with E-state index < -0.39 is 11.5 Å². The number of carbonyl (C=O) groups is 1. The number of rotatable bonds is 3. The molecule has 0 saturated carbocycles. The summed E-state index contributed by atoms with van der Waals surface area (Å²) in [4.78, 5) is 11.7. The quantitative estimate of drug-likeness (QED) is 0.873. The highest BCUT2D eigenvalue weighted by Crippen LogP contribution is 2.36. The van der Waals surface area contributed by atoms with Gasteiger partial charge in [0.15, 0.2) is 0 Å². The SMILES string of the molecule is COC(=O)C(C)(C)[C@H](N)c1ccc(C)cc1Br. The molecular weight excluding hydrogens is 282 g/mol. The number of hydrogen-bond donors (Lipinski definition) is 1. The average molecular weight is 300 g/mol. The van der Waals surface area contributed by atoms with Crippen molar-refractivity contribution in [2.45, 2.75) is 26.8 Å². The first-order chi connectivity index (χ1) is 7.80. The molecule has 0 spiro atoms. The Kier molecular flexibility index (Phi) is 4.33. The van der Waals surface area contributed by atoms with Gasteiger partial charge in [-0.15, -0.1) is 0 Å². The molecule has 1 atom stereocenters. The summed E-state index contributed by atoms with van der Waals surface area (Å²) < 4.78 is 5.71. The first-order valence-corrected chi connectivity index (χ1v) is 6.20. The smallest absolute Gasteiger partial charge is 0.313 e. The van der Waals surface area contributed by atoms with Gasteiger partial charge in [0.25, 0.3) is 0 Å². The van der Waals surface area contributed by atoms with E-state index in [4.69, 9.17) is 10.5 Å². The average Bonchev–Trinajstić information content (AvgIpc) is 2.27. The van der Waals surface area contributed by atoms with Crippen LogP contribution < -0.4 is 5.73 Å². The fourth-order valence-electron chi connectivity index (χ4n) is 1.66. The zero-order chi connectivity index (χ0) is 13.2. The summed E-state index contributed by atoms with van der Waals surface area (Å²) in [5, 5.41) is 0. The Morgan fingerprint density at radius 2 is 2.06 bits per heavy atom. The lowest BCUT2D eigenvalue weighted by molar-refractivity contribution is -0.152. The first kappa shape index (κ1) is 14.2. The van der Waals surface area contributed by atoms with E-state index in [0.29, 0.717) is 0 Å². The molecule has 0 radical (unpaired) electrons. The standard InChI is InChI=1S/C13H18BrNO2/c1-8-5-6-9(10(14)7-8)11(15)13(2,3)12(16)17-4/h5-7,11H,15H2,1-4H3/t11-/m1/s1. The topological polar surface area (TPSA) is 52.3 Å². The Hall–Kier alpha value is -0.870. The van der Waals surface area contributed by atoms with Gasteiger partial charge in [0.05, 0.1) is 12.5 Å². The monoisotopic (exact) mass is 299 g/mol. The number of methoxy groups -OCH3 is 1. The summed E-state index contributed by atoms with van der Waals surface area (Å²) >= 11 is 3.48. The number of aryl methyl sites for hydroxylation is 1. The summed E-state index contributed by atoms with van der Waals surface area (Å²) in [5.74, 6) is -0.308. The molecule has 3 nitrogen and oxygen atoms in total. The molecule has 94 valence electrons. The Balaban J connectivity index is 3.11. The van der Waals surface area contributed by atoms with Crippen molar-refractivity contribution >= 4 is 21.9 Å². The van der Waals surface area contributed by atoms with Crippen LogP contribution in [0.15, 0.2) is 22.7 Å². The molecule has 0 bridgehead atoms. The fraction of sp³-hybridized carbons (Fsp3) is 0.462. The summed E-state index contributed by atoms with van der Waals surface area (Å²) in [6.07, 6.45) is 0. The van der Waals surface area contributed by atoms with Crippen molar-refractivity contribution in [3.05, 3.63) is 33.8 Å². The second kappa shape index (κ2) is 5.19. The van der Waals surface area contributed by atoms with Crippen LogP contribution in [0.5, 0.6) is 0 Å². The van der Waals surface area contributed by atoms with Crippen LogP contribution in [0.1, 0.15) is 31.0 Å². The van der Waals surface area contributed by atoms with Crippen LogP contribution in [0.2, 0.25) is 0 Å². The zero-order valence-electron chi connectivity index (χ0n) is 10.6. The minimum Gasteiger partial charge on any atom is -0.469 e. The van der Waals surface area contributed by atoms with E-state index in [-0.39, 0.29) is 5.97 Å². The van der Waals surface area contributed by atoms with Gasteiger partial charge in [-0.3, -0.25) is 4.79 Å². The van der Waals surface area contributed by atoms with Gasteiger partial charge in [0.2, 0.25) is 0 Å². The van der Waals surface area contributed by atoms with Crippen molar-refractivity contribution in [1.82, 2.24) is 0 Å². The van der Waals surface area contributed by atoms with E-state index in [1.165, 1.54) is 7.11 Å². The Labute approximate surface area is 110 Å². The molecule has 0 amide bonds. The highest BCUT2D eigenvalue weighted by molar-refractivity contribution is 9.10. The van der Waals surface area contributed by atoms with Crippen LogP contribution in [-0.4, -0.2) is 13.1 Å². The van der Waals surface area contributed by atoms with Crippen LogP contribution in [0.3, 0.4) is 0 Å². The summed E-state index contributed by atoms with van der Waals surface area (Å²) in [6, 6.07) is 5.50. The maximum atomic E-state index is 11.7. The number of nitrogens with two attached hydrogens (primary N) is 1. The van der Waals surface area contributed by atoms with E-state index in [2.05, 4.69) is 15.9 Å². The van der Waals surface area contributed by atoms with Gasteiger partial charge in [-0.1, -0.05) is 28.1 Å². The lowest BCUT2D eigenvalue weighted by Gasteiger charge is -2.29. The highest BCUT2D eigenvalue weighted by atomic mass is 79.9. The molecule has 1 aromatic carbocycles. The molecule has 1 aromatic rings. The molecule has 0 fully saturated rings. The molecule has 0 heterocycles. The number of hydrogen-bond acceptors (Lipinski definition) is 3. The zero-order valence-corrected chi connectivity index (χ0v) is 12.2. The van der Waals surface area contributed by atoms with Gasteiger partial charge in [0.1, 0.15) is 0 Å². The molecule has 0 aliphatic carbocycles. The maximum Gasteiger partial charge on any atom is 0.313 e. The van der Waals surface area contributed by atoms with Crippen molar-refractivity contribution in [3.8, 4) is 0 Å². The van der Waals surface area contributed by atoms with Crippen molar-refractivity contribution in [3.63, 3.8) is 0 Å². The van der Waals surface area contributed by atoms with Gasteiger partial charge in [-0.2, -0.15) is 0 Å². The number of carbonyl (C=O) groups excluding carboxylic acids is 1. The lowest BCUT2D eigenvalue weighted by atomic mass is 9.81. The Morgan fingerprint density at radius 3 is 2.53 bits per heavy atom. The van der Waals surface area contributed by atoms with Crippen molar-refractivity contribution in [1.29, 1.82) is 0 Å². The summed E-state index contributed by atoms with van der Waals surface area (Å²) in [7, 11) is 1.38. The number of esters is 1. The van der Waals surface area contributed by atoms with E-state index in [1.54, 1.807) is 13.8 Å². The van der Waals surface area contributed by atoms with Crippen LogP contribution in [0, 0.1) is 12.3 Å². The fourth-order valence-corrected chi connectivity index (χ4v) is 2.40. The van der Waals surface area contributed by atoms with Gasteiger partial charge in [0, 0.05) is 10.5 Å². The lowest BCUT2D eigenvalue weighted by Crippen LogP contribution is -2.37. The van der Waals surface area contributed by atoms with Crippen LogP contribution >= 0.6 is 15.9 Å². The van der Waals surface area contributed by atoms with Gasteiger partial charge >= 0.3 is 5.97 Å². The molecule has 1 rings (SSSR count). The molecule has 4 heteroatoms. The minimum absolute atomic E-state index is 0.308. The molecule has 0 saturated heterocycles. The Morgan fingerprint density at radius 1 is 1.47 bits per heavy atom. The van der Waals surface area contributed by atoms with Gasteiger partial charge in [-0.05, 0) is 38.0 Å². The molecule has 2 N–H and O–H groups in total. The van der Waals surface area contributed by atoms with E-state index >= 15 is 0 Å². The van der Waals surface area contributed by atoms with E-state index in [9.17, 15) is 4.79 Å². The van der Waals surface area contributed by atoms with Gasteiger partial charge in [-0.25, -0.2) is 0 Å². The van der Waals surface area contributed by atoms with Crippen LogP contribution in [-0.2, 0) is 9.53 Å².